The van der Waals surface area contributed by atoms with Gasteiger partial charge in [0, 0.05) is 43.2 Å². The molecule has 2 rings (SSSR count). The van der Waals surface area contributed by atoms with Gasteiger partial charge in [0.2, 0.25) is 0 Å². The predicted molar refractivity (Wildman–Crippen MR) is 109 cm³/mol. The molecule has 1 aromatic carbocycles. The highest BCUT2D eigenvalue weighted by Crippen LogP contribution is 2.22. The van der Waals surface area contributed by atoms with E-state index in [9.17, 15) is 5.11 Å². The summed E-state index contributed by atoms with van der Waals surface area (Å²) in [5.74, 6) is 1.62. The van der Waals surface area contributed by atoms with Crippen molar-refractivity contribution in [2.45, 2.75) is 19.9 Å². The highest BCUT2D eigenvalue weighted by atomic mass is 127. The molecule has 0 atom stereocenters. The van der Waals surface area contributed by atoms with E-state index in [-0.39, 0.29) is 29.7 Å². The number of nitrogens with one attached hydrogen (secondary N) is 2. The number of aromatic nitrogens is 1. The summed E-state index contributed by atoms with van der Waals surface area (Å²) in [6.45, 7) is 3.26. The molecule has 0 aliphatic heterocycles. The fourth-order valence-corrected chi connectivity index (χ4v) is 2.82. The molecule has 1 aromatic heterocycles. The number of benzene rings is 1. The quantitative estimate of drug-likeness (QED) is 0.350. The van der Waals surface area contributed by atoms with Crippen molar-refractivity contribution in [1.82, 2.24) is 15.6 Å². The van der Waals surface area contributed by atoms with Gasteiger partial charge in [-0.15, -0.1) is 35.3 Å². The first kappa shape index (κ1) is 20.5. The number of aryl methyl sites for hydroxylation is 1. The molecule has 8 heteroatoms. The lowest BCUT2D eigenvalue weighted by Gasteiger charge is -2.13. The highest BCUT2D eigenvalue weighted by molar-refractivity contribution is 14.0. The summed E-state index contributed by atoms with van der Waals surface area (Å²) >= 11 is 1.70. The van der Waals surface area contributed by atoms with E-state index in [1.54, 1.807) is 43.7 Å². The molecule has 0 aliphatic rings. The van der Waals surface area contributed by atoms with Gasteiger partial charge in [-0.05, 0) is 25.1 Å². The number of aromatic hydroxyl groups is 1. The zero-order valence-corrected chi connectivity index (χ0v) is 17.1. The van der Waals surface area contributed by atoms with E-state index in [1.165, 1.54) is 4.88 Å². The Kier molecular flexibility index (Phi) is 8.83. The summed E-state index contributed by atoms with van der Waals surface area (Å²) in [5.41, 5.74) is 0.753. The number of aliphatic imine (C=N–C) groups is 1. The number of thiazole rings is 1. The summed E-state index contributed by atoms with van der Waals surface area (Å²) in [5, 5.41) is 17.4. The second kappa shape index (κ2) is 10.3. The third-order valence-corrected chi connectivity index (χ3v) is 4.23. The van der Waals surface area contributed by atoms with Gasteiger partial charge in [-0.2, -0.15) is 0 Å². The van der Waals surface area contributed by atoms with Crippen LogP contribution < -0.4 is 15.4 Å². The molecule has 0 radical (unpaired) electrons. The van der Waals surface area contributed by atoms with E-state index >= 15 is 0 Å². The molecule has 0 amide bonds. The molecule has 0 fully saturated rings. The van der Waals surface area contributed by atoms with Gasteiger partial charge in [0.25, 0.3) is 0 Å². The third kappa shape index (κ3) is 6.16. The fraction of sp³-hybridized carbons (Fsp3) is 0.375. The average Bonchev–Trinajstić information content (AvgIpc) is 2.97. The lowest BCUT2D eigenvalue weighted by Crippen LogP contribution is -2.37. The van der Waals surface area contributed by atoms with Crippen molar-refractivity contribution in [3.8, 4) is 11.5 Å². The maximum Gasteiger partial charge on any atom is 0.191 e. The normalized spacial score (nSPS) is 10.9. The molecular weight excluding hydrogens is 439 g/mol. The van der Waals surface area contributed by atoms with E-state index in [2.05, 4.69) is 27.5 Å². The number of phenols is 1. The minimum atomic E-state index is 0. The molecule has 6 nitrogen and oxygen atoms in total. The lowest BCUT2D eigenvalue weighted by atomic mass is 10.2. The number of hydrogen-bond donors (Lipinski definition) is 3. The first-order chi connectivity index (χ1) is 11.1. The molecular formula is C16H23IN4O2S. The molecule has 0 aliphatic carbocycles. The number of halogens is 1. The molecule has 3 N–H and O–H groups in total. The zero-order chi connectivity index (χ0) is 16.7. The van der Waals surface area contributed by atoms with Crippen molar-refractivity contribution >= 4 is 41.3 Å². The lowest BCUT2D eigenvalue weighted by molar-refractivity contribution is 0.410. The second-order valence-corrected chi connectivity index (χ2v) is 6.28. The van der Waals surface area contributed by atoms with Crippen molar-refractivity contribution in [2.24, 2.45) is 4.99 Å². The number of ether oxygens (including phenoxy) is 1. The SMILES string of the molecule is CN=C(NCCc1ncc(C)s1)NCc1cc(OC)ccc1O.I. The molecule has 132 valence electrons. The van der Waals surface area contributed by atoms with Crippen LogP contribution in [-0.4, -0.2) is 36.8 Å². The summed E-state index contributed by atoms with van der Waals surface area (Å²) in [4.78, 5) is 9.73. The number of methoxy groups -OCH3 is 1. The van der Waals surface area contributed by atoms with Crippen molar-refractivity contribution in [3.05, 3.63) is 39.8 Å². The fourth-order valence-electron chi connectivity index (χ4n) is 2.03. The maximum atomic E-state index is 9.88. The average molecular weight is 462 g/mol. The van der Waals surface area contributed by atoms with Crippen LogP contribution in [-0.2, 0) is 13.0 Å². The molecule has 1 heterocycles. The Hall–Kier alpha value is -1.55. The molecule has 0 spiro atoms. The molecule has 2 aromatic rings. The summed E-state index contributed by atoms with van der Waals surface area (Å²) in [6, 6.07) is 5.15. The molecule has 0 saturated carbocycles. The smallest absolute Gasteiger partial charge is 0.191 e. The Bertz CT molecular complexity index is 676. The third-order valence-electron chi connectivity index (χ3n) is 3.26. The van der Waals surface area contributed by atoms with Gasteiger partial charge in [0.1, 0.15) is 11.5 Å². The Morgan fingerprint density at radius 1 is 1.38 bits per heavy atom. The number of guanidine groups is 1. The van der Waals surface area contributed by atoms with Crippen LogP contribution in [0.2, 0.25) is 0 Å². The van der Waals surface area contributed by atoms with Gasteiger partial charge >= 0.3 is 0 Å². The number of rotatable bonds is 6. The number of phenolic OH excluding ortho intramolecular Hbond substituents is 1. The second-order valence-electron chi connectivity index (χ2n) is 4.96. The maximum absolute atomic E-state index is 9.88. The first-order valence-corrected chi connectivity index (χ1v) is 8.15. The largest absolute Gasteiger partial charge is 0.508 e. The van der Waals surface area contributed by atoms with Gasteiger partial charge < -0.3 is 20.5 Å². The van der Waals surface area contributed by atoms with Gasteiger partial charge in [-0.25, -0.2) is 4.98 Å². The van der Waals surface area contributed by atoms with Crippen LogP contribution in [0.15, 0.2) is 29.4 Å². The van der Waals surface area contributed by atoms with E-state index in [1.807, 2.05) is 6.20 Å². The van der Waals surface area contributed by atoms with Crippen LogP contribution in [0, 0.1) is 6.92 Å². The summed E-state index contributed by atoms with van der Waals surface area (Å²) < 4.78 is 5.17. The van der Waals surface area contributed by atoms with Crippen molar-refractivity contribution in [1.29, 1.82) is 0 Å². The minimum absolute atomic E-state index is 0. The van der Waals surface area contributed by atoms with Crippen molar-refractivity contribution in [3.63, 3.8) is 0 Å². The summed E-state index contributed by atoms with van der Waals surface area (Å²) in [6.07, 6.45) is 2.74. The van der Waals surface area contributed by atoms with Crippen LogP contribution in [0.5, 0.6) is 11.5 Å². The van der Waals surface area contributed by atoms with E-state index in [0.29, 0.717) is 18.3 Å². The number of hydrogen-bond acceptors (Lipinski definition) is 5. The Morgan fingerprint density at radius 2 is 2.17 bits per heavy atom. The van der Waals surface area contributed by atoms with Crippen LogP contribution in [0.25, 0.3) is 0 Å². The van der Waals surface area contributed by atoms with E-state index in [4.69, 9.17) is 4.74 Å². The minimum Gasteiger partial charge on any atom is -0.508 e. The summed E-state index contributed by atoms with van der Waals surface area (Å²) in [7, 11) is 3.32. The molecule has 0 bridgehead atoms. The molecule has 24 heavy (non-hydrogen) atoms. The van der Waals surface area contributed by atoms with Crippen LogP contribution >= 0.6 is 35.3 Å². The van der Waals surface area contributed by atoms with Crippen LogP contribution in [0.1, 0.15) is 15.4 Å². The van der Waals surface area contributed by atoms with Crippen molar-refractivity contribution < 1.29 is 9.84 Å². The molecule has 0 unspecified atom stereocenters. The predicted octanol–water partition coefficient (Wildman–Crippen LogP) is 2.69. The van der Waals surface area contributed by atoms with E-state index < -0.39 is 0 Å². The Morgan fingerprint density at radius 3 is 2.79 bits per heavy atom. The van der Waals surface area contributed by atoms with Gasteiger partial charge in [0.15, 0.2) is 5.96 Å². The van der Waals surface area contributed by atoms with Gasteiger partial charge in [-0.3, -0.25) is 4.99 Å². The zero-order valence-electron chi connectivity index (χ0n) is 14.0. The van der Waals surface area contributed by atoms with Crippen molar-refractivity contribution in [2.75, 3.05) is 20.7 Å². The highest BCUT2D eigenvalue weighted by Gasteiger charge is 2.05. The van der Waals surface area contributed by atoms with Crippen LogP contribution in [0.4, 0.5) is 0 Å². The van der Waals surface area contributed by atoms with E-state index in [0.717, 1.165) is 23.5 Å². The Balaban J connectivity index is 0.00000288. The van der Waals surface area contributed by atoms with Crippen LogP contribution in [0.3, 0.4) is 0 Å². The topological polar surface area (TPSA) is 78.8 Å². The first-order valence-electron chi connectivity index (χ1n) is 7.34. The monoisotopic (exact) mass is 462 g/mol. The standard InChI is InChI=1S/C16H22N4O2S.HI/c1-11-9-19-15(23-11)6-7-18-16(17-2)20-10-12-8-13(22-3)4-5-14(12)21;/h4-5,8-9,21H,6-7,10H2,1-3H3,(H2,17,18,20);1H. The molecule has 0 saturated heterocycles. The van der Waals surface area contributed by atoms with Gasteiger partial charge in [0.05, 0.1) is 12.1 Å². The van der Waals surface area contributed by atoms with Gasteiger partial charge in [-0.1, -0.05) is 0 Å². The number of nitrogens with zero attached hydrogens (tertiary/aromatic N) is 2. The Labute approximate surface area is 163 Å².